The van der Waals surface area contributed by atoms with E-state index >= 15 is 0 Å². The van der Waals surface area contributed by atoms with Gasteiger partial charge in [0.2, 0.25) is 0 Å². The summed E-state index contributed by atoms with van der Waals surface area (Å²) in [5.74, 6) is 0.167. The van der Waals surface area contributed by atoms with Crippen molar-refractivity contribution in [3.8, 4) is 0 Å². The van der Waals surface area contributed by atoms with E-state index in [1.165, 1.54) is 13.8 Å². The number of hydrogen-bond donors (Lipinski definition) is 0. The summed E-state index contributed by atoms with van der Waals surface area (Å²) in [6.07, 6.45) is 0. The zero-order chi connectivity index (χ0) is 3.58. The van der Waals surface area contributed by atoms with Crippen molar-refractivity contribution in [3.63, 3.8) is 0 Å². The molecule has 0 atom stereocenters. The Morgan fingerprint density at radius 3 is 1.33 bits per heavy atom. The maximum atomic E-state index is 9.44. The predicted molar refractivity (Wildman–Crippen MR) is 24.9 cm³/mol. The Labute approximate surface area is 77.2 Å². The van der Waals surface area contributed by atoms with Crippen LogP contribution in [0.25, 0.3) is 0 Å². The first-order valence-corrected chi connectivity index (χ1v) is 1.20. The van der Waals surface area contributed by atoms with Gasteiger partial charge in [0.15, 0.2) is 0 Å². The molecule has 0 unspecified atom stereocenters. The monoisotopic (exact) mass is 358 g/mol. The Hall–Kier alpha value is 1.48. The smallest absolute Gasteiger partial charge is 0 e. The third kappa shape index (κ3) is 50.4. The first kappa shape index (κ1) is 15.6. The molecule has 0 aliphatic heterocycles. The van der Waals surface area contributed by atoms with Gasteiger partial charge in [0.05, 0.1) is 0 Å². The van der Waals surface area contributed by atoms with E-state index in [1.54, 1.807) is 0 Å². The molecule has 0 saturated heterocycles. The predicted octanol–water partition coefficient (Wildman–Crippen LogP) is -0.323. The van der Waals surface area contributed by atoms with Crippen LogP contribution in [-0.4, -0.2) is 33.1 Å². The van der Waals surface area contributed by atoms with Crippen LogP contribution < -0.4 is 0 Å². The molecule has 0 spiro atoms. The van der Waals surface area contributed by atoms with Gasteiger partial charge < -0.3 is 4.79 Å². The average Bonchev–Trinajstić information content (AvgIpc) is 0.811. The summed E-state index contributed by atoms with van der Waals surface area (Å²) in [6.45, 7) is 3.06. The Morgan fingerprint density at radius 2 is 1.33 bits per heavy atom. The first-order valence-electron chi connectivity index (χ1n) is 1.20. The normalized spacial score (nSPS) is 4.33. The number of ketones is 1. The molecule has 0 fully saturated rings. The SMILES string of the molecule is CC(C)=O.[PbH2].[Zr]. The van der Waals surface area contributed by atoms with E-state index < -0.39 is 0 Å². The molecule has 0 aromatic heterocycles. The minimum atomic E-state index is 0. The molecule has 0 heterocycles. The van der Waals surface area contributed by atoms with Gasteiger partial charge in [0.25, 0.3) is 0 Å². The molecule has 0 amide bonds. The topological polar surface area (TPSA) is 17.1 Å². The van der Waals surface area contributed by atoms with Crippen molar-refractivity contribution in [2.24, 2.45) is 0 Å². The van der Waals surface area contributed by atoms with Crippen molar-refractivity contribution in [1.29, 1.82) is 0 Å². The molecule has 0 N–H and O–H groups in total. The summed E-state index contributed by atoms with van der Waals surface area (Å²) in [6, 6.07) is 0. The largest absolute Gasteiger partial charge is 0 e. The van der Waals surface area contributed by atoms with E-state index in [-0.39, 0.29) is 59.3 Å². The van der Waals surface area contributed by atoms with Crippen LogP contribution in [0.2, 0.25) is 0 Å². The van der Waals surface area contributed by atoms with Crippen molar-refractivity contribution in [2.75, 3.05) is 0 Å². The van der Waals surface area contributed by atoms with E-state index in [0.717, 1.165) is 0 Å². The molecule has 0 bridgehead atoms. The summed E-state index contributed by atoms with van der Waals surface area (Å²) in [7, 11) is 0. The first-order chi connectivity index (χ1) is 1.73. The van der Waals surface area contributed by atoms with Crippen molar-refractivity contribution >= 4 is 33.1 Å². The van der Waals surface area contributed by atoms with Crippen molar-refractivity contribution in [3.05, 3.63) is 0 Å². The van der Waals surface area contributed by atoms with E-state index in [1.807, 2.05) is 0 Å². The van der Waals surface area contributed by atoms with Crippen LogP contribution in [0.4, 0.5) is 0 Å². The summed E-state index contributed by atoms with van der Waals surface area (Å²) in [5.41, 5.74) is 0. The molecule has 0 aliphatic carbocycles. The molecule has 1 nitrogen and oxygen atoms in total. The molecule has 34 valence electrons. The minimum absolute atomic E-state index is 0. The van der Waals surface area contributed by atoms with E-state index in [0.29, 0.717) is 0 Å². The number of carbonyl (C=O) groups is 1. The maximum absolute atomic E-state index is 9.44. The molecular formula is C3H8OPbZr. The van der Waals surface area contributed by atoms with Gasteiger partial charge in [0.1, 0.15) is 5.78 Å². The Morgan fingerprint density at radius 1 is 1.33 bits per heavy atom. The fourth-order valence-corrected chi connectivity index (χ4v) is 0. The Balaban J connectivity index is -0.0000000450. The van der Waals surface area contributed by atoms with E-state index in [4.69, 9.17) is 0 Å². The van der Waals surface area contributed by atoms with Crippen molar-refractivity contribution in [2.45, 2.75) is 13.8 Å². The van der Waals surface area contributed by atoms with E-state index in [2.05, 4.69) is 0 Å². The fourth-order valence-electron chi connectivity index (χ4n) is 0. The number of hydrogen-bond acceptors (Lipinski definition) is 1. The van der Waals surface area contributed by atoms with Crippen LogP contribution in [0.1, 0.15) is 13.8 Å². The molecule has 0 rings (SSSR count). The maximum Gasteiger partial charge on any atom is 0 e. The van der Waals surface area contributed by atoms with E-state index in [9.17, 15) is 4.79 Å². The van der Waals surface area contributed by atoms with Gasteiger partial charge in [-0.2, -0.15) is 0 Å². The number of Topliss-reactive ketones (excluding diaryl/α,β-unsaturated/α-hetero) is 1. The summed E-state index contributed by atoms with van der Waals surface area (Å²) in [5, 5.41) is 0. The minimum Gasteiger partial charge on any atom is 0 e. The quantitative estimate of drug-likeness (QED) is 0.543. The second-order valence-corrected chi connectivity index (χ2v) is 0.908. The summed E-state index contributed by atoms with van der Waals surface area (Å²) >= 11 is 0. The van der Waals surface area contributed by atoms with Gasteiger partial charge in [0, 0.05) is 26.2 Å². The van der Waals surface area contributed by atoms with Crippen LogP contribution in [0.5, 0.6) is 0 Å². The molecule has 0 aromatic rings. The zero-order valence-corrected chi connectivity index (χ0v) is 12.1. The Bertz CT molecular complexity index is 33.8. The summed E-state index contributed by atoms with van der Waals surface area (Å²) < 4.78 is 0. The second kappa shape index (κ2) is 9.69. The van der Waals surface area contributed by atoms with Crippen LogP contribution in [-0.2, 0) is 31.0 Å². The van der Waals surface area contributed by atoms with Gasteiger partial charge in [-0.1, -0.05) is 0 Å². The van der Waals surface area contributed by atoms with Gasteiger partial charge in [-0.05, 0) is 13.8 Å². The van der Waals surface area contributed by atoms with Gasteiger partial charge in [-0.25, -0.2) is 0 Å². The molecular weight excluding hydrogens is 350 g/mol. The molecule has 2 radical (unpaired) electrons. The average molecular weight is 359 g/mol. The molecule has 0 aliphatic rings. The van der Waals surface area contributed by atoms with Crippen molar-refractivity contribution < 1.29 is 31.0 Å². The second-order valence-electron chi connectivity index (χ2n) is 0.908. The van der Waals surface area contributed by atoms with Crippen LogP contribution in [0.15, 0.2) is 0 Å². The number of rotatable bonds is 0. The molecule has 6 heavy (non-hydrogen) atoms. The summed E-state index contributed by atoms with van der Waals surface area (Å²) in [4.78, 5) is 9.44. The van der Waals surface area contributed by atoms with Crippen LogP contribution >= 0.6 is 0 Å². The zero-order valence-electron chi connectivity index (χ0n) is 4.12. The fraction of sp³-hybridized carbons (Fsp3) is 0.667. The third-order valence-corrected chi connectivity index (χ3v) is 0. The van der Waals surface area contributed by atoms with Gasteiger partial charge in [-0.3, -0.25) is 0 Å². The van der Waals surface area contributed by atoms with Crippen LogP contribution in [0, 0.1) is 0 Å². The third-order valence-electron chi connectivity index (χ3n) is 0. The van der Waals surface area contributed by atoms with Gasteiger partial charge in [-0.15, -0.1) is 0 Å². The molecule has 0 saturated carbocycles. The van der Waals surface area contributed by atoms with Crippen LogP contribution in [0.3, 0.4) is 0 Å². The van der Waals surface area contributed by atoms with Gasteiger partial charge >= 0.3 is 27.3 Å². The molecule has 3 heteroatoms. The van der Waals surface area contributed by atoms with Crippen molar-refractivity contribution in [1.82, 2.24) is 0 Å². The number of carbonyl (C=O) groups excluding carboxylic acids is 1. The Kier molecular flexibility index (Phi) is 25.3. The standard InChI is InChI=1S/C3H6O.Pb.Zr.2H/c1-3(2)4;;;;/h1-2H3;;;;. The molecule has 0 aromatic carbocycles.